The highest BCUT2D eigenvalue weighted by Gasteiger charge is 2.23. The predicted octanol–water partition coefficient (Wildman–Crippen LogP) is 4.57. The van der Waals surface area contributed by atoms with Crippen LogP contribution in [0.5, 0.6) is 0 Å². The van der Waals surface area contributed by atoms with E-state index >= 15 is 0 Å². The van der Waals surface area contributed by atoms with Crippen LogP contribution in [-0.4, -0.2) is 18.1 Å². The van der Waals surface area contributed by atoms with Gasteiger partial charge in [0.25, 0.3) is 0 Å². The molecule has 0 fully saturated rings. The third-order valence-corrected chi connectivity index (χ3v) is 4.31. The number of thiophene rings is 1. The Morgan fingerprint density at radius 3 is 2.35 bits per heavy atom. The number of benzene rings is 1. The maximum absolute atomic E-state index is 12.3. The number of hydrogen-bond donors (Lipinski definition) is 2. The lowest BCUT2D eigenvalue weighted by Crippen LogP contribution is -2.21. The molecule has 1 aromatic heterocycles. The summed E-state index contributed by atoms with van der Waals surface area (Å²) in [7, 11) is 0. The van der Waals surface area contributed by atoms with Crippen LogP contribution in [0.3, 0.4) is 0 Å². The highest BCUT2D eigenvalue weighted by molar-refractivity contribution is 7.16. The van der Waals surface area contributed by atoms with Crippen LogP contribution in [0.4, 0.5) is 15.5 Å². The molecule has 5 nitrogen and oxygen atoms in total. The Morgan fingerprint density at radius 1 is 1.09 bits per heavy atom. The van der Waals surface area contributed by atoms with Crippen molar-refractivity contribution in [3.63, 3.8) is 0 Å². The van der Waals surface area contributed by atoms with Gasteiger partial charge in [0.2, 0.25) is 0 Å². The number of urea groups is 1. The first-order chi connectivity index (χ1) is 10.9. The lowest BCUT2D eigenvalue weighted by molar-refractivity contribution is 0.0379. The summed E-state index contributed by atoms with van der Waals surface area (Å²) in [5, 5.41) is 5.97. The quantitative estimate of drug-likeness (QED) is 0.806. The topological polar surface area (TPSA) is 67.4 Å². The molecule has 0 unspecified atom stereocenters. The molecule has 0 spiro atoms. The first kappa shape index (κ1) is 17.0. The molecule has 2 aromatic rings. The number of anilines is 2. The van der Waals surface area contributed by atoms with Crippen LogP contribution in [0.2, 0.25) is 0 Å². The van der Waals surface area contributed by atoms with Crippen LogP contribution in [-0.2, 0) is 4.74 Å². The van der Waals surface area contributed by atoms with Crippen molar-refractivity contribution in [3.05, 3.63) is 46.3 Å². The van der Waals surface area contributed by atoms with Crippen molar-refractivity contribution >= 4 is 34.0 Å². The number of esters is 1. The number of hydrogen-bond acceptors (Lipinski definition) is 4. The molecular formula is C17H20N2O3S. The number of nitrogens with one attached hydrogen (secondary N) is 2. The second-order valence-electron chi connectivity index (χ2n) is 5.39. The Morgan fingerprint density at radius 2 is 1.74 bits per heavy atom. The van der Waals surface area contributed by atoms with E-state index in [9.17, 15) is 9.59 Å². The average molecular weight is 332 g/mol. The maximum Gasteiger partial charge on any atom is 0.341 e. The van der Waals surface area contributed by atoms with Crippen molar-refractivity contribution in [2.24, 2.45) is 0 Å². The Kier molecular flexibility index (Phi) is 5.39. The fourth-order valence-electron chi connectivity index (χ4n) is 2.02. The largest absolute Gasteiger partial charge is 0.459 e. The third-order valence-electron chi connectivity index (χ3n) is 3.19. The molecule has 1 heterocycles. The molecule has 0 aliphatic carbocycles. The summed E-state index contributed by atoms with van der Waals surface area (Å²) in [6, 6.07) is 8.73. The van der Waals surface area contributed by atoms with Gasteiger partial charge < -0.3 is 10.1 Å². The van der Waals surface area contributed by atoms with Gasteiger partial charge in [-0.25, -0.2) is 9.59 Å². The highest BCUT2D eigenvalue weighted by Crippen LogP contribution is 2.33. The fraction of sp³-hybridized carbons (Fsp3) is 0.294. The fourth-order valence-corrected chi connectivity index (χ4v) is 3.06. The van der Waals surface area contributed by atoms with E-state index in [1.165, 1.54) is 11.3 Å². The molecule has 2 rings (SSSR count). The second-order valence-corrected chi connectivity index (χ2v) is 6.61. The number of amides is 2. The summed E-state index contributed by atoms with van der Waals surface area (Å²) < 4.78 is 5.27. The van der Waals surface area contributed by atoms with E-state index in [-0.39, 0.29) is 6.10 Å². The summed E-state index contributed by atoms with van der Waals surface area (Å²) in [5.74, 6) is -0.420. The van der Waals surface area contributed by atoms with Gasteiger partial charge in [-0.05, 0) is 45.4 Å². The molecule has 2 N–H and O–H groups in total. The van der Waals surface area contributed by atoms with Crippen molar-refractivity contribution in [2.45, 2.75) is 33.8 Å². The van der Waals surface area contributed by atoms with Crippen LogP contribution < -0.4 is 10.6 Å². The molecule has 122 valence electrons. The molecule has 0 aliphatic heterocycles. The Hall–Kier alpha value is -2.34. The van der Waals surface area contributed by atoms with Crippen molar-refractivity contribution in [1.82, 2.24) is 0 Å². The van der Waals surface area contributed by atoms with Crippen LogP contribution in [0.1, 0.15) is 34.6 Å². The Bertz CT molecular complexity index is 708. The predicted molar refractivity (Wildman–Crippen MR) is 93.4 cm³/mol. The standard InChI is InChI=1S/C17H20N2O3S/c1-10(2)22-16(20)14-11(3)12(4)23-15(14)19-17(21)18-13-8-6-5-7-9-13/h5-10H,1-4H3,(H2,18,19,21). The van der Waals surface area contributed by atoms with E-state index in [1.54, 1.807) is 26.0 Å². The van der Waals surface area contributed by atoms with Crippen LogP contribution in [0.25, 0.3) is 0 Å². The van der Waals surface area contributed by atoms with Gasteiger partial charge in [-0.15, -0.1) is 11.3 Å². The monoisotopic (exact) mass is 332 g/mol. The van der Waals surface area contributed by atoms with Crippen LogP contribution >= 0.6 is 11.3 Å². The van der Waals surface area contributed by atoms with Gasteiger partial charge in [0.1, 0.15) is 5.00 Å². The Balaban J connectivity index is 2.18. The van der Waals surface area contributed by atoms with Gasteiger partial charge in [0.15, 0.2) is 0 Å². The number of carbonyl (C=O) groups excluding carboxylic acids is 2. The van der Waals surface area contributed by atoms with Crippen LogP contribution in [0, 0.1) is 13.8 Å². The van der Waals surface area contributed by atoms with Crippen molar-refractivity contribution in [3.8, 4) is 0 Å². The first-order valence-corrected chi connectivity index (χ1v) is 8.14. The summed E-state index contributed by atoms with van der Waals surface area (Å²) >= 11 is 1.36. The lowest BCUT2D eigenvalue weighted by Gasteiger charge is -2.11. The number of carbonyl (C=O) groups is 2. The van der Waals surface area contributed by atoms with E-state index in [0.29, 0.717) is 16.3 Å². The minimum absolute atomic E-state index is 0.215. The SMILES string of the molecule is Cc1sc(NC(=O)Nc2ccccc2)c(C(=O)OC(C)C)c1C. The molecule has 2 amide bonds. The van der Waals surface area contributed by atoms with Crippen molar-refractivity contribution < 1.29 is 14.3 Å². The molecule has 0 bridgehead atoms. The van der Waals surface area contributed by atoms with Gasteiger partial charge in [0, 0.05) is 10.6 Å². The number of ether oxygens (including phenoxy) is 1. The van der Waals surface area contributed by atoms with E-state index in [4.69, 9.17) is 4.74 Å². The molecule has 23 heavy (non-hydrogen) atoms. The van der Waals surface area contributed by atoms with Gasteiger partial charge in [-0.1, -0.05) is 18.2 Å². The zero-order valence-electron chi connectivity index (χ0n) is 13.6. The highest BCUT2D eigenvalue weighted by atomic mass is 32.1. The van der Waals surface area contributed by atoms with Gasteiger partial charge in [-0.3, -0.25) is 5.32 Å². The molecular weight excluding hydrogens is 312 g/mol. The maximum atomic E-state index is 12.3. The smallest absolute Gasteiger partial charge is 0.341 e. The summed E-state index contributed by atoms with van der Waals surface area (Å²) in [5.41, 5.74) is 1.93. The van der Waals surface area contributed by atoms with Crippen LogP contribution in [0.15, 0.2) is 30.3 Å². The normalized spacial score (nSPS) is 10.5. The second kappa shape index (κ2) is 7.28. The summed E-state index contributed by atoms with van der Waals surface area (Å²) in [6.07, 6.45) is -0.215. The molecule has 1 aromatic carbocycles. The van der Waals surface area contributed by atoms with E-state index in [0.717, 1.165) is 10.4 Å². The third kappa shape index (κ3) is 4.32. The van der Waals surface area contributed by atoms with Crippen molar-refractivity contribution in [2.75, 3.05) is 10.6 Å². The van der Waals surface area contributed by atoms with E-state index in [2.05, 4.69) is 10.6 Å². The van der Waals surface area contributed by atoms with E-state index in [1.807, 2.05) is 32.0 Å². The van der Waals surface area contributed by atoms with Gasteiger partial charge in [-0.2, -0.15) is 0 Å². The molecule has 6 heteroatoms. The summed E-state index contributed by atoms with van der Waals surface area (Å²) in [6.45, 7) is 7.35. The number of para-hydroxylation sites is 1. The van der Waals surface area contributed by atoms with Gasteiger partial charge >= 0.3 is 12.0 Å². The average Bonchev–Trinajstić information content (AvgIpc) is 2.73. The summed E-state index contributed by atoms with van der Waals surface area (Å²) in [4.78, 5) is 25.4. The molecule has 0 saturated heterocycles. The minimum Gasteiger partial charge on any atom is -0.459 e. The number of aryl methyl sites for hydroxylation is 1. The van der Waals surface area contributed by atoms with Gasteiger partial charge in [0.05, 0.1) is 11.7 Å². The zero-order chi connectivity index (χ0) is 17.0. The molecule has 0 aliphatic rings. The van der Waals surface area contributed by atoms with Crippen molar-refractivity contribution in [1.29, 1.82) is 0 Å². The lowest BCUT2D eigenvalue weighted by atomic mass is 10.1. The first-order valence-electron chi connectivity index (χ1n) is 7.32. The Labute approximate surface area is 139 Å². The molecule has 0 radical (unpaired) electrons. The van der Waals surface area contributed by atoms with E-state index < -0.39 is 12.0 Å². The minimum atomic E-state index is -0.420. The zero-order valence-corrected chi connectivity index (χ0v) is 14.4. The number of rotatable bonds is 4. The molecule has 0 saturated carbocycles. The molecule has 0 atom stereocenters.